The molecule has 104 valence electrons. The summed E-state index contributed by atoms with van der Waals surface area (Å²) in [6, 6.07) is 0. The highest BCUT2D eigenvalue weighted by atomic mass is 28.4. The van der Waals surface area contributed by atoms with Crippen LogP contribution in [0.3, 0.4) is 0 Å². The first-order valence-corrected chi connectivity index (χ1v) is 7.17. The molecular weight excluding hydrogens is 248 g/mol. The van der Waals surface area contributed by atoms with E-state index in [0.717, 1.165) is 0 Å². The summed E-state index contributed by atoms with van der Waals surface area (Å²) in [5.74, 6) is 0. The maximum Gasteiger partial charge on any atom is 0.527 e. The molecule has 0 fully saturated rings. The van der Waals surface area contributed by atoms with Gasteiger partial charge in [-0.1, -0.05) is 0 Å². The molecule has 0 saturated heterocycles. The number of ether oxygens (including phenoxy) is 2. The van der Waals surface area contributed by atoms with Crippen LogP contribution in [0.2, 0.25) is 0 Å². The lowest BCUT2D eigenvalue weighted by atomic mass is 10.4. The molecule has 0 heterocycles. The van der Waals surface area contributed by atoms with Crippen LogP contribution in [0.5, 0.6) is 0 Å². The van der Waals surface area contributed by atoms with E-state index >= 15 is 0 Å². The standard InChI is InChI=1S/C9H22O7Si/c1-12-17(13-2,14-3)8-16-7-9(11)6-15-5-4-10/h9-11H,4-8H2,1-3H3. The normalized spacial score (nSPS) is 13.9. The molecule has 17 heavy (non-hydrogen) atoms. The van der Waals surface area contributed by atoms with E-state index < -0.39 is 14.9 Å². The summed E-state index contributed by atoms with van der Waals surface area (Å²) >= 11 is 0. The molecule has 2 N–H and O–H groups in total. The molecule has 7 nitrogen and oxygen atoms in total. The summed E-state index contributed by atoms with van der Waals surface area (Å²) in [5.41, 5.74) is 0. The highest BCUT2D eigenvalue weighted by Crippen LogP contribution is 2.06. The third-order valence-electron chi connectivity index (χ3n) is 2.07. The molecule has 0 aliphatic carbocycles. The minimum absolute atomic E-state index is 0.0688. The Bertz CT molecular complexity index is 168. The Morgan fingerprint density at radius 3 is 2.00 bits per heavy atom. The molecule has 0 aliphatic heterocycles. The smallest absolute Gasteiger partial charge is 0.394 e. The van der Waals surface area contributed by atoms with Crippen molar-refractivity contribution < 1.29 is 33.0 Å². The van der Waals surface area contributed by atoms with E-state index in [0.29, 0.717) is 0 Å². The largest absolute Gasteiger partial charge is 0.527 e. The van der Waals surface area contributed by atoms with Gasteiger partial charge in [0, 0.05) is 21.3 Å². The Morgan fingerprint density at radius 1 is 1.00 bits per heavy atom. The average molecular weight is 270 g/mol. The second kappa shape index (κ2) is 9.92. The molecule has 0 radical (unpaired) electrons. The van der Waals surface area contributed by atoms with Crippen molar-refractivity contribution in [3.05, 3.63) is 0 Å². The highest BCUT2D eigenvalue weighted by molar-refractivity contribution is 6.60. The van der Waals surface area contributed by atoms with Gasteiger partial charge in [0.1, 0.15) is 12.3 Å². The Hall–Kier alpha value is -0.0631. The number of rotatable bonds is 11. The van der Waals surface area contributed by atoms with Gasteiger partial charge in [-0.15, -0.1) is 0 Å². The van der Waals surface area contributed by atoms with Crippen LogP contribution in [0.4, 0.5) is 0 Å². The predicted molar refractivity (Wildman–Crippen MR) is 61.5 cm³/mol. The van der Waals surface area contributed by atoms with E-state index in [2.05, 4.69) is 0 Å². The molecule has 8 heteroatoms. The van der Waals surface area contributed by atoms with E-state index in [1.165, 1.54) is 21.3 Å². The number of hydrogen-bond donors (Lipinski definition) is 2. The molecule has 0 aromatic rings. The summed E-state index contributed by atoms with van der Waals surface area (Å²) in [7, 11) is 1.73. The molecule has 0 saturated carbocycles. The number of aliphatic hydroxyl groups excluding tert-OH is 2. The molecule has 0 amide bonds. The molecular formula is C9H22O7Si. The van der Waals surface area contributed by atoms with Gasteiger partial charge in [-0.05, 0) is 0 Å². The average Bonchev–Trinajstić information content (AvgIpc) is 2.36. The van der Waals surface area contributed by atoms with Crippen molar-refractivity contribution in [3.8, 4) is 0 Å². The van der Waals surface area contributed by atoms with E-state index in [1.807, 2.05) is 0 Å². The van der Waals surface area contributed by atoms with E-state index in [-0.39, 0.29) is 32.7 Å². The molecule has 0 spiro atoms. The van der Waals surface area contributed by atoms with Crippen molar-refractivity contribution in [2.75, 3.05) is 54.0 Å². The zero-order valence-electron chi connectivity index (χ0n) is 10.5. The summed E-state index contributed by atoms with van der Waals surface area (Å²) in [6.07, 6.45) is -0.591. The predicted octanol–water partition coefficient (Wildman–Crippen LogP) is -1.21. The van der Waals surface area contributed by atoms with Crippen LogP contribution in [0.1, 0.15) is 0 Å². The van der Waals surface area contributed by atoms with Crippen LogP contribution in [-0.2, 0) is 22.8 Å². The summed E-state index contributed by atoms with van der Waals surface area (Å²) in [6.45, 7) is 0.336. The first-order chi connectivity index (χ1) is 8.14. The lowest BCUT2D eigenvalue weighted by Crippen LogP contribution is -2.48. The quantitative estimate of drug-likeness (QED) is 0.360. The van der Waals surface area contributed by atoms with Gasteiger partial charge in [-0.2, -0.15) is 0 Å². The van der Waals surface area contributed by atoms with Gasteiger partial charge in [0.05, 0.1) is 26.4 Å². The Balaban J connectivity index is 3.73. The third-order valence-corrected chi connectivity index (χ3v) is 4.49. The van der Waals surface area contributed by atoms with Crippen LogP contribution >= 0.6 is 0 Å². The van der Waals surface area contributed by atoms with Gasteiger partial charge in [0.2, 0.25) is 0 Å². The van der Waals surface area contributed by atoms with E-state index in [4.69, 9.17) is 27.9 Å². The lowest BCUT2D eigenvalue weighted by molar-refractivity contribution is -0.0278. The topological polar surface area (TPSA) is 86.6 Å². The van der Waals surface area contributed by atoms with Crippen molar-refractivity contribution in [1.82, 2.24) is 0 Å². The monoisotopic (exact) mass is 270 g/mol. The van der Waals surface area contributed by atoms with Crippen LogP contribution in [-0.4, -0.2) is 79.1 Å². The fourth-order valence-electron chi connectivity index (χ4n) is 1.08. The van der Waals surface area contributed by atoms with Crippen molar-refractivity contribution in [2.45, 2.75) is 6.10 Å². The maximum atomic E-state index is 9.45. The van der Waals surface area contributed by atoms with Gasteiger partial charge in [0.15, 0.2) is 0 Å². The van der Waals surface area contributed by atoms with Gasteiger partial charge in [0.25, 0.3) is 0 Å². The Kier molecular flexibility index (Phi) is 9.88. The number of aliphatic hydroxyl groups is 2. The van der Waals surface area contributed by atoms with Crippen molar-refractivity contribution in [2.24, 2.45) is 0 Å². The molecule has 0 aromatic heterocycles. The fourth-order valence-corrected chi connectivity index (χ4v) is 2.30. The van der Waals surface area contributed by atoms with E-state index in [9.17, 15) is 5.11 Å². The van der Waals surface area contributed by atoms with Gasteiger partial charge in [-0.25, -0.2) is 0 Å². The van der Waals surface area contributed by atoms with Crippen molar-refractivity contribution in [3.63, 3.8) is 0 Å². The van der Waals surface area contributed by atoms with Crippen LogP contribution in [0.25, 0.3) is 0 Å². The summed E-state index contributed by atoms with van der Waals surface area (Å²) in [5, 5.41) is 17.9. The lowest BCUT2D eigenvalue weighted by Gasteiger charge is -2.24. The zero-order chi connectivity index (χ0) is 13.1. The van der Waals surface area contributed by atoms with Crippen LogP contribution in [0.15, 0.2) is 0 Å². The highest BCUT2D eigenvalue weighted by Gasteiger charge is 2.38. The Labute approximate surface area is 103 Å². The minimum Gasteiger partial charge on any atom is -0.394 e. The van der Waals surface area contributed by atoms with Crippen LogP contribution in [0, 0.1) is 0 Å². The summed E-state index contributed by atoms with van der Waals surface area (Å²) < 4.78 is 25.6. The second-order valence-corrected chi connectivity index (χ2v) is 6.14. The second-order valence-electron chi connectivity index (χ2n) is 3.26. The van der Waals surface area contributed by atoms with Crippen molar-refractivity contribution >= 4 is 8.80 Å². The molecule has 0 aliphatic rings. The third kappa shape index (κ3) is 7.06. The minimum atomic E-state index is -2.74. The van der Waals surface area contributed by atoms with Gasteiger partial charge < -0.3 is 33.0 Å². The molecule has 1 atom stereocenters. The molecule has 0 aromatic carbocycles. The molecule has 0 bridgehead atoms. The SMILES string of the molecule is CO[Si](COCC(O)COCCO)(OC)OC. The first kappa shape index (κ1) is 16.9. The Morgan fingerprint density at radius 2 is 1.53 bits per heavy atom. The van der Waals surface area contributed by atoms with Gasteiger partial charge >= 0.3 is 8.80 Å². The molecule has 0 rings (SSSR count). The summed E-state index contributed by atoms with van der Waals surface area (Å²) in [4.78, 5) is 0. The van der Waals surface area contributed by atoms with Gasteiger partial charge in [-0.3, -0.25) is 0 Å². The van der Waals surface area contributed by atoms with Crippen molar-refractivity contribution in [1.29, 1.82) is 0 Å². The van der Waals surface area contributed by atoms with Crippen LogP contribution < -0.4 is 0 Å². The fraction of sp³-hybridized carbons (Fsp3) is 1.00. The molecule has 1 unspecified atom stereocenters. The maximum absolute atomic E-state index is 9.45. The van der Waals surface area contributed by atoms with E-state index in [1.54, 1.807) is 0 Å². The zero-order valence-corrected chi connectivity index (χ0v) is 11.5. The number of hydrogen-bond acceptors (Lipinski definition) is 7. The first-order valence-electron chi connectivity index (χ1n) is 5.24.